The van der Waals surface area contributed by atoms with Crippen molar-refractivity contribution < 1.29 is 17.9 Å². The molecule has 180 valence electrons. The van der Waals surface area contributed by atoms with E-state index in [9.17, 15) is 13.2 Å². The molecule has 1 aliphatic rings. The van der Waals surface area contributed by atoms with Crippen LogP contribution in [0.2, 0.25) is 0 Å². The van der Waals surface area contributed by atoms with Crippen molar-refractivity contribution in [2.75, 3.05) is 42.2 Å². The molecule has 3 rings (SSSR count). The van der Waals surface area contributed by atoms with Crippen molar-refractivity contribution in [3.63, 3.8) is 0 Å². The quantitative estimate of drug-likeness (QED) is 0.629. The summed E-state index contributed by atoms with van der Waals surface area (Å²) in [5.74, 6) is 0.710. The number of amides is 1. The van der Waals surface area contributed by atoms with Gasteiger partial charge < -0.3 is 15.0 Å². The highest BCUT2D eigenvalue weighted by molar-refractivity contribution is 7.92. The minimum Gasteiger partial charge on any atom is -0.495 e. The van der Waals surface area contributed by atoms with Gasteiger partial charge in [0.1, 0.15) is 12.3 Å². The zero-order valence-electron chi connectivity index (χ0n) is 20.2. The Morgan fingerprint density at radius 1 is 1.24 bits per heavy atom. The van der Waals surface area contributed by atoms with Crippen LogP contribution in [0.3, 0.4) is 0 Å². The van der Waals surface area contributed by atoms with Gasteiger partial charge in [-0.1, -0.05) is 25.1 Å². The first-order valence-electron chi connectivity index (χ1n) is 11.3. The molecule has 1 saturated heterocycles. The number of hydrogen-bond acceptors (Lipinski definition) is 5. The minimum absolute atomic E-state index is 0.257. The smallest absolute Gasteiger partial charge is 0.241 e. The lowest BCUT2D eigenvalue weighted by Crippen LogP contribution is -2.41. The van der Waals surface area contributed by atoms with Crippen molar-refractivity contribution in [2.24, 2.45) is 5.92 Å². The second-order valence-electron chi connectivity index (χ2n) is 9.02. The maximum Gasteiger partial charge on any atom is 0.241 e. The number of aryl methyl sites for hydroxylation is 1. The monoisotopic (exact) mass is 473 g/mol. The molecule has 7 nitrogen and oxygen atoms in total. The highest BCUT2D eigenvalue weighted by Gasteiger charge is 2.25. The maximum atomic E-state index is 12.8. The van der Waals surface area contributed by atoms with Crippen LogP contribution in [-0.2, 0) is 14.8 Å². The lowest BCUT2D eigenvalue weighted by atomic mass is 9.99. The van der Waals surface area contributed by atoms with Crippen molar-refractivity contribution in [3.05, 3.63) is 53.6 Å². The van der Waals surface area contributed by atoms with Crippen LogP contribution in [0.4, 0.5) is 11.4 Å². The second-order valence-corrected chi connectivity index (χ2v) is 10.9. The van der Waals surface area contributed by atoms with E-state index in [-0.39, 0.29) is 18.5 Å². The highest BCUT2D eigenvalue weighted by atomic mass is 32.2. The molecule has 1 amide bonds. The summed E-state index contributed by atoms with van der Waals surface area (Å²) in [5, 5.41) is 2.93. The fourth-order valence-electron chi connectivity index (χ4n) is 4.27. The van der Waals surface area contributed by atoms with Gasteiger partial charge in [0, 0.05) is 18.8 Å². The summed E-state index contributed by atoms with van der Waals surface area (Å²) >= 11 is 0. The molecule has 2 aromatic carbocycles. The van der Waals surface area contributed by atoms with Crippen molar-refractivity contribution in [2.45, 2.75) is 39.7 Å². The summed E-state index contributed by atoms with van der Waals surface area (Å²) in [6.45, 7) is 7.85. The Balaban J connectivity index is 1.70. The molecule has 1 N–H and O–H groups in total. The molecule has 0 spiro atoms. The molecule has 2 atom stereocenters. The summed E-state index contributed by atoms with van der Waals surface area (Å²) in [6, 6.07) is 13.2. The fraction of sp³-hybridized carbons (Fsp3) is 0.480. The van der Waals surface area contributed by atoms with E-state index in [1.807, 2.05) is 32.0 Å². The van der Waals surface area contributed by atoms with Crippen LogP contribution in [0.25, 0.3) is 0 Å². The van der Waals surface area contributed by atoms with E-state index in [0.717, 1.165) is 34.8 Å². The number of hydrogen-bond donors (Lipinski definition) is 1. The average molecular weight is 474 g/mol. The molecule has 1 fully saturated rings. The molecule has 1 heterocycles. The number of sulfonamides is 1. The third kappa shape index (κ3) is 6.41. The summed E-state index contributed by atoms with van der Waals surface area (Å²) < 4.78 is 31.4. The zero-order valence-corrected chi connectivity index (χ0v) is 21.0. The number of piperidine rings is 1. The number of anilines is 2. The topological polar surface area (TPSA) is 79.0 Å². The SMILES string of the molecule is COc1ccc(C)cc1N(CC(=O)NC(C)c1ccc(N2CCCC(C)C2)cc1)S(C)(=O)=O. The Kier molecular flexibility index (Phi) is 7.89. The molecule has 1 aliphatic heterocycles. The number of carbonyl (C=O) groups is 1. The van der Waals surface area contributed by atoms with Crippen LogP contribution in [0.15, 0.2) is 42.5 Å². The molecule has 2 aromatic rings. The summed E-state index contributed by atoms with van der Waals surface area (Å²) in [6.07, 6.45) is 3.57. The van der Waals surface area contributed by atoms with Crippen LogP contribution in [-0.4, -0.2) is 47.3 Å². The number of ether oxygens (including phenoxy) is 1. The average Bonchev–Trinajstić information content (AvgIpc) is 2.76. The third-order valence-corrected chi connectivity index (χ3v) is 7.21. The van der Waals surface area contributed by atoms with E-state index in [2.05, 4.69) is 29.3 Å². The largest absolute Gasteiger partial charge is 0.495 e. The first-order chi connectivity index (χ1) is 15.6. The molecule has 2 unspecified atom stereocenters. The Morgan fingerprint density at radius 3 is 2.55 bits per heavy atom. The second kappa shape index (κ2) is 10.5. The maximum absolute atomic E-state index is 12.8. The summed E-state index contributed by atoms with van der Waals surface area (Å²) in [4.78, 5) is 15.2. The molecule has 33 heavy (non-hydrogen) atoms. The van der Waals surface area contributed by atoms with Gasteiger partial charge in [-0.05, 0) is 68.0 Å². The highest BCUT2D eigenvalue weighted by Crippen LogP contribution is 2.31. The van der Waals surface area contributed by atoms with E-state index in [4.69, 9.17) is 4.74 Å². The molecule has 0 saturated carbocycles. The third-order valence-electron chi connectivity index (χ3n) is 6.08. The fourth-order valence-corrected chi connectivity index (χ4v) is 5.13. The van der Waals surface area contributed by atoms with Crippen LogP contribution in [0.1, 0.15) is 43.9 Å². The van der Waals surface area contributed by atoms with Gasteiger partial charge in [0.25, 0.3) is 0 Å². The normalized spacial score (nSPS) is 17.4. The van der Waals surface area contributed by atoms with Crippen molar-refractivity contribution >= 4 is 27.3 Å². The first kappa shape index (κ1) is 24.9. The molecular weight excluding hydrogens is 438 g/mol. The number of nitrogens with zero attached hydrogens (tertiary/aromatic N) is 2. The van der Waals surface area contributed by atoms with Crippen LogP contribution >= 0.6 is 0 Å². The Morgan fingerprint density at radius 2 is 1.94 bits per heavy atom. The van der Waals surface area contributed by atoms with E-state index in [1.54, 1.807) is 12.1 Å². The number of carbonyl (C=O) groups excluding carboxylic acids is 1. The number of methoxy groups -OCH3 is 1. The van der Waals surface area contributed by atoms with Gasteiger partial charge in [0.15, 0.2) is 0 Å². The number of rotatable bonds is 8. The van der Waals surface area contributed by atoms with Gasteiger partial charge in [-0.15, -0.1) is 0 Å². The summed E-state index contributed by atoms with van der Waals surface area (Å²) in [7, 11) is -2.22. The van der Waals surface area contributed by atoms with Crippen molar-refractivity contribution in [1.82, 2.24) is 5.32 Å². The Labute approximate surface area is 197 Å². The molecule has 0 aromatic heterocycles. The van der Waals surface area contributed by atoms with E-state index in [1.165, 1.54) is 25.6 Å². The van der Waals surface area contributed by atoms with Gasteiger partial charge >= 0.3 is 0 Å². The molecular formula is C25H35N3O4S. The van der Waals surface area contributed by atoms with Crippen molar-refractivity contribution in [3.8, 4) is 5.75 Å². The van der Waals surface area contributed by atoms with Gasteiger partial charge in [0.05, 0.1) is 25.1 Å². The minimum atomic E-state index is -3.70. The zero-order chi connectivity index (χ0) is 24.2. The standard InChI is InChI=1S/C25H35N3O4S/c1-18-8-13-24(32-4)23(15-18)28(33(5,30)31)17-25(29)26-20(3)21-9-11-22(12-10-21)27-14-6-7-19(2)16-27/h8-13,15,19-20H,6-7,14,16-17H2,1-5H3,(H,26,29). The summed E-state index contributed by atoms with van der Waals surface area (Å²) in [5.41, 5.74) is 3.38. The van der Waals surface area contributed by atoms with Crippen LogP contribution < -0.4 is 19.3 Å². The predicted octanol–water partition coefficient (Wildman–Crippen LogP) is 3.88. The molecule has 8 heteroatoms. The van der Waals surface area contributed by atoms with E-state index >= 15 is 0 Å². The van der Waals surface area contributed by atoms with Gasteiger partial charge in [-0.25, -0.2) is 8.42 Å². The Hall–Kier alpha value is -2.74. The molecule has 0 radical (unpaired) electrons. The lowest BCUT2D eigenvalue weighted by Gasteiger charge is -2.33. The van der Waals surface area contributed by atoms with Gasteiger partial charge in [-0.2, -0.15) is 0 Å². The van der Waals surface area contributed by atoms with Crippen LogP contribution in [0, 0.1) is 12.8 Å². The Bertz CT molecular complexity index is 1070. The van der Waals surface area contributed by atoms with Crippen molar-refractivity contribution in [1.29, 1.82) is 0 Å². The van der Waals surface area contributed by atoms with E-state index < -0.39 is 10.0 Å². The van der Waals surface area contributed by atoms with E-state index in [0.29, 0.717) is 17.4 Å². The predicted molar refractivity (Wildman–Crippen MR) is 134 cm³/mol. The number of nitrogens with one attached hydrogen (secondary N) is 1. The molecule has 0 aliphatic carbocycles. The molecule has 0 bridgehead atoms. The van der Waals surface area contributed by atoms with Crippen LogP contribution in [0.5, 0.6) is 5.75 Å². The first-order valence-corrected chi connectivity index (χ1v) is 13.2. The van der Waals surface area contributed by atoms with Gasteiger partial charge in [0.2, 0.25) is 15.9 Å². The van der Waals surface area contributed by atoms with Gasteiger partial charge in [-0.3, -0.25) is 9.10 Å². The lowest BCUT2D eigenvalue weighted by molar-refractivity contribution is -0.120. The number of benzene rings is 2.